The molecule has 8 rings (SSSR count). The van der Waals surface area contributed by atoms with Crippen molar-refractivity contribution in [1.29, 1.82) is 0 Å². The number of imidazole rings is 1. The third kappa shape index (κ3) is 11.7. The van der Waals surface area contributed by atoms with E-state index in [2.05, 4.69) is 15.6 Å². The van der Waals surface area contributed by atoms with E-state index >= 15 is 4.79 Å². The first-order chi connectivity index (χ1) is 40.1. The molecule has 1 aromatic carbocycles. The zero-order chi connectivity index (χ0) is 63.6. The summed E-state index contributed by atoms with van der Waals surface area (Å²) in [5.74, 6) is -8.23. The van der Waals surface area contributed by atoms with Crippen molar-refractivity contribution in [2.75, 3.05) is 13.2 Å². The van der Waals surface area contributed by atoms with Crippen molar-refractivity contribution < 1.29 is 67.0 Å². The molecule has 2 fully saturated rings. The maximum absolute atomic E-state index is 15.8. The summed E-state index contributed by atoms with van der Waals surface area (Å²) in [5, 5.41) is 28.3. The van der Waals surface area contributed by atoms with Crippen molar-refractivity contribution in [2.45, 2.75) is 162 Å². The van der Waals surface area contributed by atoms with Gasteiger partial charge in [-0.2, -0.15) is 0 Å². The largest absolute Gasteiger partial charge is 0.472 e. The number of rotatable bonds is 24. The smallest absolute Gasteiger partial charge is 0.394 e. The molecule has 2 saturated heterocycles. The van der Waals surface area contributed by atoms with Gasteiger partial charge in [0.15, 0.2) is 6.23 Å². The van der Waals surface area contributed by atoms with Gasteiger partial charge in [0.2, 0.25) is 41.4 Å². The number of fused-ring (bicyclic) bond motifs is 7. The molecule has 0 saturated carbocycles. The molecule has 15 atom stereocenters. The molecule has 1 aromatic heterocycles. The van der Waals surface area contributed by atoms with E-state index in [-0.39, 0.29) is 57.1 Å². The lowest BCUT2D eigenvalue weighted by molar-refractivity contribution is -0.132. The molecule has 17 N–H and O–H groups in total. The number of hydrogen-bond donors (Lipinski definition) is 11. The minimum atomic E-state index is -5.18. The fraction of sp³-hybridized carbons (Fsp3) is 0.603. The molecule has 0 spiro atoms. The molecular weight excluding hydrogens is 1130 g/mol. The zero-order valence-electron chi connectivity index (χ0n) is 50.0. The van der Waals surface area contributed by atoms with Crippen LogP contribution in [0.4, 0.5) is 0 Å². The number of para-hydroxylation sites is 2. The van der Waals surface area contributed by atoms with Gasteiger partial charge < -0.3 is 69.4 Å². The van der Waals surface area contributed by atoms with Crippen molar-refractivity contribution >= 4 is 77.3 Å². The van der Waals surface area contributed by atoms with Crippen LogP contribution in [0.5, 0.6) is 0 Å². The van der Waals surface area contributed by atoms with Crippen molar-refractivity contribution in [3.63, 3.8) is 0 Å². The number of carbonyl (C=O) groups is 7. The monoisotopic (exact) mass is 1220 g/mol. The Labute approximate surface area is 497 Å². The molecule has 0 radical (unpaired) electrons. The van der Waals surface area contributed by atoms with E-state index in [9.17, 15) is 48.4 Å². The molecule has 6 aliphatic rings. The first-order valence-electron chi connectivity index (χ1n) is 28.8. The molecule has 27 nitrogen and oxygen atoms in total. The van der Waals surface area contributed by atoms with Gasteiger partial charge in [0.1, 0.15) is 18.3 Å². The van der Waals surface area contributed by atoms with E-state index in [1.54, 1.807) is 58.9 Å². The molecule has 468 valence electrons. The summed E-state index contributed by atoms with van der Waals surface area (Å²) in [4.78, 5) is 127. The van der Waals surface area contributed by atoms with Gasteiger partial charge >= 0.3 is 7.82 Å². The first-order valence-corrected chi connectivity index (χ1v) is 30.3. The topological polar surface area (TPSA) is 460 Å². The highest BCUT2D eigenvalue weighted by molar-refractivity contribution is 7.47. The molecule has 2 aromatic rings. The number of phosphoric acid groups is 1. The normalized spacial score (nSPS) is 35.2. The second-order valence-corrected chi connectivity index (χ2v) is 26.7. The lowest BCUT2D eigenvalue weighted by Gasteiger charge is -2.48. The van der Waals surface area contributed by atoms with Gasteiger partial charge in [-0.25, -0.2) is 9.55 Å². The minimum absolute atomic E-state index is 0.0156. The van der Waals surface area contributed by atoms with E-state index in [0.717, 1.165) is 0 Å². The molecular formula is C58H82N13O14P. The Morgan fingerprint density at radius 2 is 1.44 bits per heavy atom. The van der Waals surface area contributed by atoms with Crippen molar-refractivity contribution in [1.82, 2.24) is 20.2 Å². The van der Waals surface area contributed by atoms with E-state index in [1.165, 1.54) is 17.8 Å². The van der Waals surface area contributed by atoms with Crippen LogP contribution in [0.15, 0.2) is 79.9 Å². The van der Waals surface area contributed by atoms with E-state index < -0.39 is 156 Å². The highest BCUT2D eigenvalue weighted by atomic mass is 31.2. The average molecular weight is 1220 g/mol. The van der Waals surface area contributed by atoms with Gasteiger partial charge in [0.25, 0.3) is 0 Å². The molecule has 7 heterocycles. The maximum Gasteiger partial charge on any atom is 0.472 e. The van der Waals surface area contributed by atoms with Crippen molar-refractivity contribution in [3.8, 4) is 0 Å². The van der Waals surface area contributed by atoms with Gasteiger partial charge in [-0.3, -0.25) is 57.6 Å². The Bertz CT molecular complexity index is 3390. The van der Waals surface area contributed by atoms with Crippen LogP contribution < -0.4 is 45.0 Å². The maximum atomic E-state index is 15.8. The SMILES string of the molecule is C/C1=C2N=C(/C=C3\N/C(=C(/C)C4=N[C@](C)(C5N=C1[C@](C)(C(=O)NC[C@H](C)OP(=O)(O)O[C@H]1[C@@H](O)[C@H](n6cnc7ccccc76)O[C@@H]1CO)[C@H]5CC(N)=O)[C@@](C)(CC(N)=O)[C@@H]4CCC(N)=O)[C@@](C)(CC(N)=O)[C@@H]3CCC(N)=O)C(C)(C)[C@@H]/2CCC(N)=O. The number of hydrogen-bond acceptors (Lipinski definition) is 18. The number of allylic oxidation sites excluding steroid dienone is 6. The molecule has 86 heavy (non-hydrogen) atoms. The number of carbonyl (C=O) groups excluding carboxylic acids is 7. The summed E-state index contributed by atoms with van der Waals surface area (Å²) in [6.07, 6.45) is -4.96. The highest BCUT2D eigenvalue weighted by Gasteiger charge is 2.68. The quantitative estimate of drug-likeness (QED) is 0.0667. The molecule has 0 aliphatic carbocycles. The summed E-state index contributed by atoms with van der Waals surface area (Å²) < 4.78 is 32.5. The number of nitrogens with two attached hydrogens (primary N) is 6. The average Bonchev–Trinajstić information content (AvgIpc) is 1.54. The number of nitrogens with one attached hydrogen (secondary N) is 2. The van der Waals surface area contributed by atoms with Gasteiger partial charge in [0, 0.05) is 114 Å². The lowest BCUT2D eigenvalue weighted by Crippen LogP contribution is -2.58. The number of aliphatic hydroxyl groups is 2. The Hall–Kier alpha value is -7.00. The Morgan fingerprint density at radius 1 is 0.837 bits per heavy atom. The fourth-order valence-corrected chi connectivity index (χ4v) is 15.9. The van der Waals surface area contributed by atoms with Crippen LogP contribution in [0, 0.1) is 45.3 Å². The number of ether oxygens (including phenoxy) is 1. The highest BCUT2D eigenvalue weighted by Crippen LogP contribution is 2.62. The van der Waals surface area contributed by atoms with E-state index in [4.69, 9.17) is 63.2 Å². The standard InChI is InChI=1S/C58H82N13O14P/c1-27(84-86(81,82)85-48-37(25-72)83-52(47(48)79)71-26-66-34-12-10-11-13-36(34)71)24-65-53(80)57(8)33(20-42(62)76)51-58(9)56(7,23-44(64)78)32(16-19-41(61)75)46(70-58)29(3)49-55(6,22-43(63)77)30(14-17-39(59)73)35(67-49)21-38-54(4,5)31(15-18-40(60)74)45(68-38)28(2)50(57)69-51/h10-13,21,26-27,30-33,37,47-48,51-52,67,72,79H,14-20,22-25H2,1-9H3,(H2,59,73)(H2,60,74)(H2,61,75)(H2,62,76)(H2,63,77)(H2,64,78)(H,65,80)(H,81,82)/b35-21-,45-28-,49-29-/t27-,30+,31+,32+,33-,37+,47+,48+,51?,52+,55-,56-,57+,58+/m0/s1. The van der Waals surface area contributed by atoms with Crippen LogP contribution in [0.1, 0.15) is 126 Å². The van der Waals surface area contributed by atoms with E-state index in [1.807, 2.05) is 26.8 Å². The third-order valence-electron chi connectivity index (χ3n) is 19.3. The lowest BCUT2D eigenvalue weighted by atomic mass is 9.56. The minimum Gasteiger partial charge on any atom is -0.394 e. The number of aromatic nitrogens is 2. The molecule has 6 aliphatic heterocycles. The van der Waals surface area contributed by atoms with Crippen LogP contribution in [-0.4, -0.2) is 132 Å². The summed E-state index contributed by atoms with van der Waals surface area (Å²) in [6, 6.07) is 5.75. The summed E-state index contributed by atoms with van der Waals surface area (Å²) in [5.41, 5.74) is 33.3. The second-order valence-electron chi connectivity index (χ2n) is 25.3. The number of primary amides is 6. The van der Waals surface area contributed by atoms with Gasteiger partial charge in [-0.1, -0.05) is 39.8 Å². The number of benzene rings is 1. The summed E-state index contributed by atoms with van der Waals surface area (Å²) >= 11 is 0. The Morgan fingerprint density at radius 3 is 2.03 bits per heavy atom. The molecule has 8 bridgehead atoms. The fourth-order valence-electron chi connectivity index (χ4n) is 14.7. The third-order valence-corrected chi connectivity index (χ3v) is 20.5. The predicted molar refractivity (Wildman–Crippen MR) is 315 cm³/mol. The van der Waals surface area contributed by atoms with Crippen LogP contribution in [0.3, 0.4) is 0 Å². The Balaban J connectivity index is 1.28. The number of amides is 7. The first kappa shape index (κ1) is 65.0. The van der Waals surface area contributed by atoms with E-state index in [0.29, 0.717) is 50.7 Å². The van der Waals surface area contributed by atoms with Crippen molar-refractivity contribution in [2.24, 2.45) is 94.7 Å². The second kappa shape index (κ2) is 23.9. The van der Waals surface area contributed by atoms with Crippen LogP contribution >= 0.6 is 7.82 Å². The molecule has 28 heteroatoms. The van der Waals surface area contributed by atoms with Crippen LogP contribution in [0.25, 0.3) is 11.0 Å². The molecule has 2 unspecified atom stereocenters. The van der Waals surface area contributed by atoms with Gasteiger partial charge in [0.05, 0.1) is 52.8 Å². The number of aliphatic hydroxyl groups excluding tert-OH is 2. The number of aliphatic imine (C=N–C) groups is 3. The number of nitrogens with zero attached hydrogens (tertiary/aromatic N) is 5. The van der Waals surface area contributed by atoms with Crippen LogP contribution in [-0.2, 0) is 51.9 Å². The van der Waals surface area contributed by atoms with Crippen molar-refractivity contribution in [3.05, 3.63) is 64.9 Å². The number of phosphoric ester groups is 1. The summed E-state index contributed by atoms with van der Waals surface area (Å²) in [7, 11) is -5.18. The van der Waals surface area contributed by atoms with Crippen LogP contribution in [0.2, 0.25) is 0 Å². The Kier molecular flexibility index (Phi) is 18.1. The van der Waals surface area contributed by atoms with Gasteiger partial charge in [-0.05, 0) is 83.2 Å². The zero-order valence-corrected chi connectivity index (χ0v) is 50.9. The predicted octanol–water partition coefficient (Wildman–Crippen LogP) is 1.77. The summed E-state index contributed by atoms with van der Waals surface area (Å²) in [6.45, 7) is 14.4. The molecule has 7 amide bonds. The van der Waals surface area contributed by atoms with Gasteiger partial charge in [-0.15, -0.1) is 0 Å².